The molecule has 8 nitrogen and oxygen atoms in total. The first-order valence-electron chi connectivity index (χ1n) is 10.9. The van der Waals surface area contributed by atoms with Crippen molar-refractivity contribution < 1.29 is 29.0 Å². The lowest BCUT2D eigenvalue weighted by molar-refractivity contribution is -0.139. The molecule has 3 N–H and O–H groups in total. The van der Waals surface area contributed by atoms with Gasteiger partial charge in [0.2, 0.25) is 0 Å². The number of amides is 2. The number of ether oxygens (including phenoxy) is 2. The first-order chi connectivity index (χ1) is 16.0. The number of carbonyl (C=O) groups excluding carboxylic acids is 2. The normalized spacial score (nSPS) is 12.7. The summed E-state index contributed by atoms with van der Waals surface area (Å²) in [6.07, 6.45) is 1.31. The summed E-state index contributed by atoms with van der Waals surface area (Å²) in [6.45, 7) is 3.99. The summed E-state index contributed by atoms with van der Waals surface area (Å²) in [5.74, 6) is -1.15. The van der Waals surface area contributed by atoms with Crippen molar-refractivity contribution in [2.45, 2.75) is 31.2 Å². The van der Waals surface area contributed by atoms with E-state index >= 15 is 0 Å². The van der Waals surface area contributed by atoms with Crippen molar-refractivity contribution in [2.75, 3.05) is 19.8 Å². The van der Waals surface area contributed by atoms with E-state index in [-0.39, 0.29) is 25.6 Å². The van der Waals surface area contributed by atoms with Crippen molar-refractivity contribution in [3.63, 3.8) is 0 Å². The summed E-state index contributed by atoms with van der Waals surface area (Å²) in [5, 5.41) is 14.2. The Labute approximate surface area is 192 Å². The average molecular weight is 453 g/mol. The van der Waals surface area contributed by atoms with E-state index in [2.05, 4.69) is 41.5 Å². The van der Waals surface area contributed by atoms with Crippen molar-refractivity contribution in [3.8, 4) is 11.1 Å². The molecule has 0 spiro atoms. The van der Waals surface area contributed by atoms with Gasteiger partial charge in [-0.3, -0.25) is 0 Å². The lowest BCUT2D eigenvalue weighted by atomic mass is 9.98. The van der Waals surface area contributed by atoms with Gasteiger partial charge >= 0.3 is 18.2 Å². The Morgan fingerprint density at radius 1 is 0.970 bits per heavy atom. The molecule has 2 amide bonds. The van der Waals surface area contributed by atoms with Gasteiger partial charge in [0, 0.05) is 12.5 Å². The van der Waals surface area contributed by atoms with Crippen LogP contribution in [0.3, 0.4) is 0 Å². The predicted octanol–water partition coefficient (Wildman–Crippen LogP) is 4.06. The van der Waals surface area contributed by atoms with Gasteiger partial charge in [0.05, 0.1) is 0 Å². The summed E-state index contributed by atoms with van der Waals surface area (Å²) < 4.78 is 10.2. The standard InChI is InChI=1S/C25H28N2O6/c1-2-15-32-25(31)27-22(23(28)29)13-7-8-14-26-24(30)33-16-21-19-11-5-3-9-17(19)18-10-4-6-12-20(18)21/h2-6,9-12,21-22H,1,7-8,13-16H2,(H,26,30)(H,27,31)(H,28,29)/t22-/m1/s1. The fraction of sp³-hybridized carbons (Fsp3) is 0.320. The van der Waals surface area contributed by atoms with Crippen LogP contribution < -0.4 is 10.6 Å². The van der Waals surface area contributed by atoms with Crippen molar-refractivity contribution in [1.82, 2.24) is 10.6 Å². The van der Waals surface area contributed by atoms with E-state index in [1.165, 1.54) is 6.08 Å². The van der Waals surface area contributed by atoms with Gasteiger partial charge in [0.15, 0.2) is 0 Å². The Morgan fingerprint density at radius 3 is 2.21 bits per heavy atom. The minimum Gasteiger partial charge on any atom is -0.480 e. The van der Waals surface area contributed by atoms with Gasteiger partial charge in [-0.15, -0.1) is 0 Å². The molecule has 3 rings (SSSR count). The minimum absolute atomic E-state index is 0.00221. The van der Waals surface area contributed by atoms with Crippen molar-refractivity contribution in [3.05, 3.63) is 72.3 Å². The molecule has 0 aliphatic heterocycles. The number of benzene rings is 2. The minimum atomic E-state index is -1.14. The summed E-state index contributed by atoms with van der Waals surface area (Å²) in [5.41, 5.74) is 4.62. The first-order valence-corrected chi connectivity index (χ1v) is 10.9. The number of fused-ring (bicyclic) bond motifs is 3. The Hall–Kier alpha value is -3.81. The Kier molecular flexibility index (Phi) is 8.46. The zero-order valence-electron chi connectivity index (χ0n) is 18.3. The number of hydrogen-bond donors (Lipinski definition) is 3. The van der Waals surface area contributed by atoms with Crippen LogP contribution in [0.1, 0.15) is 36.3 Å². The fourth-order valence-corrected chi connectivity index (χ4v) is 3.89. The van der Waals surface area contributed by atoms with Gasteiger partial charge in [-0.05, 0) is 41.5 Å². The van der Waals surface area contributed by atoms with Crippen LogP contribution in [0.25, 0.3) is 11.1 Å². The smallest absolute Gasteiger partial charge is 0.408 e. The molecule has 0 saturated carbocycles. The molecular weight excluding hydrogens is 424 g/mol. The zero-order chi connectivity index (χ0) is 23.6. The number of carboxylic acids is 1. The second-order valence-electron chi connectivity index (χ2n) is 7.67. The van der Waals surface area contributed by atoms with Crippen LogP contribution in [0, 0.1) is 0 Å². The lowest BCUT2D eigenvalue weighted by Gasteiger charge is -2.15. The maximum atomic E-state index is 12.2. The molecule has 1 aliphatic rings. The topological polar surface area (TPSA) is 114 Å². The molecule has 0 heterocycles. The lowest BCUT2D eigenvalue weighted by Crippen LogP contribution is -2.41. The van der Waals surface area contributed by atoms with Gasteiger partial charge in [-0.2, -0.15) is 0 Å². The maximum absolute atomic E-state index is 12.2. The average Bonchev–Trinajstić information content (AvgIpc) is 3.14. The SMILES string of the molecule is C=CCOC(=O)N[C@H](CCCCNC(=O)OCC1c2ccccc2-c2ccccc21)C(=O)O. The van der Waals surface area contributed by atoms with Crippen molar-refractivity contribution in [2.24, 2.45) is 0 Å². The third-order valence-electron chi connectivity index (χ3n) is 5.46. The highest BCUT2D eigenvalue weighted by Crippen LogP contribution is 2.44. The number of carbonyl (C=O) groups is 3. The van der Waals surface area contributed by atoms with Crippen LogP contribution in [0.15, 0.2) is 61.2 Å². The molecule has 0 fully saturated rings. The Balaban J connectivity index is 1.39. The number of nitrogens with one attached hydrogen (secondary N) is 2. The van der Waals surface area contributed by atoms with Crippen molar-refractivity contribution >= 4 is 18.2 Å². The zero-order valence-corrected chi connectivity index (χ0v) is 18.3. The number of aliphatic carboxylic acids is 1. The van der Waals surface area contributed by atoms with Gasteiger partial charge < -0.3 is 25.2 Å². The van der Waals surface area contributed by atoms with Gasteiger partial charge in [-0.1, -0.05) is 61.2 Å². The molecule has 1 atom stereocenters. The monoisotopic (exact) mass is 452 g/mol. The van der Waals surface area contributed by atoms with Gasteiger partial charge in [0.1, 0.15) is 19.3 Å². The number of hydrogen-bond acceptors (Lipinski definition) is 5. The molecule has 2 aromatic carbocycles. The third kappa shape index (κ3) is 6.35. The fourth-order valence-electron chi connectivity index (χ4n) is 3.89. The highest BCUT2D eigenvalue weighted by Gasteiger charge is 2.29. The second kappa shape index (κ2) is 11.7. The van der Waals surface area contributed by atoms with E-state index in [4.69, 9.17) is 9.47 Å². The van der Waals surface area contributed by atoms with Gasteiger partial charge in [-0.25, -0.2) is 14.4 Å². The number of alkyl carbamates (subject to hydrolysis) is 2. The first kappa shape index (κ1) is 23.8. The van der Waals surface area contributed by atoms with Crippen LogP contribution in [0.4, 0.5) is 9.59 Å². The predicted molar refractivity (Wildman–Crippen MR) is 123 cm³/mol. The largest absolute Gasteiger partial charge is 0.480 e. The van der Waals surface area contributed by atoms with E-state index in [0.29, 0.717) is 19.4 Å². The number of unbranched alkanes of at least 4 members (excludes halogenated alkanes) is 1. The highest BCUT2D eigenvalue weighted by molar-refractivity contribution is 5.80. The molecular formula is C25H28N2O6. The Morgan fingerprint density at radius 2 is 1.61 bits per heavy atom. The third-order valence-corrected chi connectivity index (χ3v) is 5.46. The molecule has 0 radical (unpaired) electrons. The molecule has 174 valence electrons. The highest BCUT2D eigenvalue weighted by atomic mass is 16.6. The van der Waals surface area contributed by atoms with E-state index in [0.717, 1.165) is 22.3 Å². The second-order valence-corrected chi connectivity index (χ2v) is 7.67. The van der Waals surface area contributed by atoms with Crippen LogP contribution in [0.5, 0.6) is 0 Å². The van der Waals surface area contributed by atoms with E-state index < -0.39 is 24.2 Å². The summed E-state index contributed by atoms with van der Waals surface area (Å²) in [4.78, 5) is 35.0. The molecule has 0 aromatic heterocycles. The van der Waals surface area contributed by atoms with Crippen LogP contribution in [-0.2, 0) is 14.3 Å². The van der Waals surface area contributed by atoms with E-state index in [1.807, 2.05) is 24.3 Å². The summed E-state index contributed by atoms with van der Waals surface area (Å²) >= 11 is 0. The molecule has 33 heavy (non-hydrogen) atoms. The van der Waals surface area contributed by atoms with Crippen LogP contribution in [0.2, 0.25) is 0 Å². The summed E-state index contributed by atoms with van der Waals surface area (Å²) in [6, 6.07) is 15.2. The van der Waals surface area contributed by atoms with E-state index in [9.17, 15) is 19.5 Å². The van der Waals surface area contributed by atoms with Crippen LogP contribution in [-0.4, -0.2) is 49.1 Å². The molecule has 0 bridgehead atoms. The number of carboxylic acid groups (broad SMARTS) is 1. The van der Waals surface area contributed by atoms with Gasteiger partial charge in [0.25, 0.3) is 0 Å². The van der Waals surface area contributed by atoms with E-state index in [1.54, 1.807) is 0 Å². The molecule has 2 aromatic rings. The summed E-state index contributed by atoms with van der Waals surface area (Å²) in [7, 11) is 0. The van der Waals surface area contributed by atoms with Crippen molar-refractivity contribution in [1.29, 1.82) is 0 Å². The maximum Gasteiger partial charge on any atom is 0.408 e. The van der Waals surface area contributed by atoms with Crippen LogP contribution >= 0.6 is 0 Å². The number of rotatable bonds is 11. The molecule has 8 heteroatoms. The Bertz CT molecular complexity index is 960. The molecule has 1 aliphatic carbocycles. The molecule has 0 saturated heterocycles. The quantitative estimate of drug-likeness (QED) is 0.350. The molecule has 0 unspecified atom stereocenters.